The molecule has 0 aliphatic heterocycles. The number of halogens is 2. The van der Waals surface area contributed by atoms with Crippen LogP contribution < -0.4 is 10.1 Å². The van der Waals surface area contributed by atoms with Gasteiger partial charge in [-0.15, -0.1) is 0 Å². The topological polar surface area (TPSA) is 38.3 Å². The van der Waals surface area contributed by atoms with Crippen molar-refractivity contribution in [3.8, 4) is 11.5 Å². The van der Waals surface area contributed by atoms with Crippen LogP contribution in [-0.2, 0) is 11.2 Å². The van der Waals surface area contributed by atoms with Crippen LogP contribution in [0.4, 0.5) is 5.69 Å². The fourth-order valence-electron chi connectivity index (χ4n) is 2.30. The number of anilines is 1. The van der Waals surface area contributed by atoms with E-state index in [0.717, 1.165) is 5.75 Å². The molecule has 0 radical (unpaired) electrons. The summed E-state index contributed by atoms with van der Waals surface area (Å²) in [7, 11) is 0. The van der Waals surface area contributed by atoms with Gasteiger partial charge in [-0.05, 0) is 54.1 Å². The largest absolute Gasteiger partial charge is 0.457 e. The Morgan fingerprint density at radius 1 is 0.800 bits per heavy atom. The van der Waals surface area contributed by atoms with Crippen LogP contribution in [0.3, 0.4) is 0 Å². The zero-order chi connectivity index (χ0) is 17.6. The molecule has 0 aromatic heterocycles. The molecule has 0 bridgehead atoms. The van der Waals surface area contributed by atoms with E-state index in [1.54, 1.807) is 42.5 Å². The molecule has 0 saturated heterocycles. The number of nitrogens with one attached hydrogen (secondary N) is 1. The summed E-state index contributed by atoms with van der Waals surface area (Å²) >= 11 is 12.2. The molecule has 1 amide bonds. The molecule has 126 valence electrons. The van der Waals surface area contributed by atoms with Crippen LogP contribution >= 0.6 is 23.2 Å². The number of benzene rings is 3. The van der Waals surface area contributed by atoms with Crippen molar-refractivity contribution in [2.24, 2.45) is 0 Å². The third-order valence-electron chi connectivity index (χ3n) is 3.52. The third kappa shape index (κ3) is 4.75. The molecule has 0 saturated carbocycles. The Kier molecular flexibility index (Phi) is 5.59. The lowest BCUT2D eigenvalue weighted by atomic mass is 10.1. The lowest BCUT2D eigenvalue weighted by Gasteiger charge is -2.09. The number of amides is 1. The predicted molar refractivity (Wildman–Crippen MR) is 102 cm³/mol. The summed E-state index contributed by atoms with van der Waals surface area (Å²) in [5.41, 5.74) is 1.29. The van der Waals surface area contributed by atoms with E-state index in [9.17, 15) is 4.79 Å². The smallest absolute Gasteiger partial charge is 0.228 e. The van der Waals surface area contributed by atoms with Gasteiger partial charge in [0, 0.05) is 15.7 Å². The second-order valence-electron chi connectivity index (χ2n) is 5.36. The van der Waals surface area contributed by atoms with E-state index in [1.165, 1.54) is 0 Å². The average Bonchev–Trinajstić information content (AvgIpc) is 2.61. The second kappa shape index (κ2) is 8.06. The van der Waals surface area contributed by atoms with Crippen molar-refractivity contribution >= 4 is 34.8 Å². The Labute approximate surface area is 156 Å². The quantitative estimate of drug-likeness (QED) is 0.600. The number of ether oxygens (including phenoxy) is 1. The van der Waals surface area contributed by atoms with Crippen molar-refractivity contribution in [2.75, 3.05) is 5.32 Å². The Morgan fingerprint density at radius 2 is 1.40 bits per heavy atom. The van der Waals surface area contributed by atoms with Gasteiger partial charge in [0.2, 0.25) is 5.91 Å². The molecule has 0 atom stereocenters. The van der Waals surface area contributed by atoms with Crippen molar-refractivity contribution in [2.45, 2.75) is 6.42 Å². The fourth-order valence-corrected chi connectivity index (χ4v) is 2.83. The monoisotopic (exact) mass is 371 g/mol. The molecule has 3 rings (SSSR count). The summed E-state index contributed by atoms with van der Waals surface area (Å²) in [4.78, 5) is 12.2. The molecular formula is C20H15Cl2NO2. The maximum Gasteiger partial charge on any atom is 0.228 e. The SMILES string of the molecule is O=C(Cc1c(Cl)cccc1Cl)Nc1ccc(Oc2ccccc2)cc1. The Hall–Kier alpha value is -2.49. The first-order valence-corrected chi connectivity index (χ1v) is 8.43. The normalized spacial score (nSPS) is 10.3. The van der Waals surface area contributed by atoms with Crippen LogP contribution in [-0.4, -0.2) is 5.91 Å². The highest BCUT2D eigenvalue weighted by Crippen LogP contribution is 2.26. The zero-order valence-corrected chi connectivity index (χ0v) is 14.7. The van der Waals surface area contributed by atoms with Gasteiger partial charge >= 0.3 is 0 Å². The number of para-hydroxylation sites is 1. The van der Waals surface area contributed by atoms with Crippen LogP contribution in [0.2, 0.25) is 10.0 Å². The highest BCUT2D eigenvalue weighted by Gasteiger charge is 2.11. The standard InChI is InChI=1S/C20H15Cl2NO2/c21-18-7-4-8-19(22)17(18)13-20(24)23-14-9-11-16(12-10-14)25-15-5-2-1-3-6-15/h1-12H,13H2,(H,23,24). The fraction of sp³-hybridized carbons (Fsp3) is 0.0500. The van der Waals surface area contributed by atoms with Gasteiger partial charge in [-0.1, -0.05) is 47.5 Å². The Morgan fingerprint density at radius 3 is 2.04 bits per heavy atom. The van der Waals surface area contributed by atoms with Gasteiger partial charge in [0.05, 0.1) is 6.42 Å². The summed E-state index contributed by atoms with van der Waals surface area (Å²) in [6.45, 7) is 0. The van der Waals surface area contributed by atoms with Crippen molar-refractivity contribution in [3.05, 3.63) is 88.4 Å². The number of hydrogen-bond donors (Lipinski definition) is 1. The van der Waals surface area contributed by atoms with Gasteiger partial charge < -0.3 is 10.1 Å². The third-order valence-corrected chi connectivity index (χ3v) is 4.22. The molecular weight excluding hydrogens is 357 g/mol. The highest BCUT2D eigenvalue weighted by atomic mass is 35.5. The highest BCUT2D eigenvalue weighted by molar-refractivity contribution is 6.36. The van der Waals surface area contributed by atoms with Gasteiger partial charge in [-0.2, -0.15) is 0 Å². The summed E-state index contributed by atoms with van der Waals surface area (Å²) in [5.74, 6) is 1.26. The van der Waals surface area contributed by atoms with Gasteiger partial charge in [0.15, 0.2) is 0 Å². The molecule has 0 unspecified atom stereocenters. The van der Waals surface area contributed by atoms with E-state index in [-0.39, 0.29) is 12.3 Å². The van der Waals surface area contributed by atoms with Crippen molar-refractivity contribution < 1.29 is 9.53 Å². The Balaban J connectivity index is 1.62. The summed E-state index contributed by atoms with van der Waals surface area (Å²) in [6, 6.07) is 21.8. The molecule has 3 aromatic carbocycles. The number of rotatable bonds is 5. The minimum absolute atomic E-state index is 0.112. The van der Waals surface area contributed by atoms with Crippen LogP contribution in [0.25, 0.3) is 0 Å². The number of carbonyl (C=O) groups is 1. The van der Waals surface area contributed by atoms with E-state index in [1.807, 2.05) is 30.3 Å². The molecule has 3 aromatic rings. The van der Waals surface area contributed by atoms with Crippen molar-refractivity contribution in [1.82, 2.24) is 0 Å². The van der Waals surface area contributed by atoms with E-state index in [0.29, 0.717) is 27.0 Å². The van der Waals surface area contributed by atoms with E-state index in [2.05, 4.69) is 5.32 Å². The summed E-state index contributed by atoms with van der Waals surface area (Å²) in [5, 5.41) is 3.79. The first kappa shape index (κ1) is 17.3. The average molecular weight is 372 g/mol. The minimum Gasteiger partial charge on any atom is -0.457 e. The van der Waals surface area contributed by atoms with Gasteiger partial charge in [-0.25, -0.2) is 0 Å². The lowest BCUT2D eigenvalue weighted by molar-refractivity contribution is -0.115. The maximum absolute atomic E-state index is 12.2. The predicted octanol–water partition coefficient (Wildman–Crippen LogP) is 5.97. The molecule has 25 heavy (non-hydrogen) atoms. The minimum atomic E-state index is -0.188. The zero-order valence-electron chi connectivity index (χ0n) is 13.2. The summed E-state index contributed by atoms with van der Waals surface area (Å²) < 4.78 is 5.72. The molecule has 0 aliphatic carbocycles. The maximum atomic E-state index is 12.2. The van der Waals surface area contributed by atoms with Crippen LogP contribution in [0, 0.1) is 0 Å². The first-order chi connectivity index (χ1) is 12.1. The molecule has 5 heteroatoms. The number of carbonyl (C=O) groups excluding carboxylic acids is 1. The molecule has 0 aliphatic rings. The van der Waals surface area contributed by atoms with Crippen LogP contribution in [0.1, 0.15) is 5.56 Å². The van der Waals surface area contributed by atoms with Crippen molar-refractivity contribution in [3.63, 3.8) is 0 Å². The molecule has 0 fully saturated rings. The first-order valence-electron chi connectivity index (χ1n) is 7.67. The molecule has 0 spiro atoms. The molecule has 3 nitrogen and oxygen atoms in total. The second-order valence-corrected chi connectivity index (χ2v) is 6.18. The van der Waals surface area contributed by atoms with E-state index >= 15 is 0 Å². The molecule has 0 heterocycles. The van der Waals surface area contributed by atoms with Crippen LogP contribution in [0.5, 0.6) is 11.5 Å². The van der Waals surface area contributed by atoms with E-state index in [4.69, 9.17) is 27.9 Å². The van der Waals surface area contributed by atoms with Crippen LogP contribution in [0.15, 0.2) is 72.8 Å². The lowest BCUT2D eigenvalue weighted by Crippen LogP contribution is -2.14. The van der Waals surface area contributed by atoms with Gasteiger partial charge in [0.25, 0.3) is 0 Å². The molecule has 1 N–H and O–H groups in total. The van der Waals surface area contributed by atoms with Gasteiger partial charge in [0.1, 0.15) is 11.5 Å². The Bertz CT molecular complexity index is 844. The summed E-state index contributed by atoms with van der Waals surface area (Å²) in [6.07, 6.45) is 0.112. The van der Waals surface area contributed by atoms with E-state index < -0.39 is 0 Å². The van der Waals surface area contributed by atoms with Gasteiger partial charge in [-0.3, -0.25) is 4.79 Å². The van der Waals surface area contributed by atoms with Crippen molar-refractivity contribution in [1.29, 1.82) is 0 Å². The number of hydrogen-bond acceptors (Lipinski definition) is 2.